The molecular weight excluding hydrogens is 292 g/mol. The van der Waals surface area contributed by atoms with Crippen LogP contribution in [0.1, 0.15) is 27.0 Å². The van der Waals surface area contributed by atoms with Crippen LogP contribution in [-0.4, -0.2) is 11.9 Å². The number of hydrogen-bond donors (Lipinski definition) is 0. The van der Waals surface area contributed by atoms with Gasteiger partial charge in [0.1, 0.15) is 11.3 Å². The van der Waals surface area contributed by atoms with E-state index in [1.165, 1.54) is 0 Å². The Labute approximate surface area is 132 Å². The maximum atomic E-state index is 12.2. The molecule has 23 heavy (non-hydrogen) atoms. The molecule has 0 N–H and O–H groups in total. The highest BCUT2D eigenvalue weighted by Crippen LogP contribution is 2.37. The van der Waals surface area contributed by atoms with Crippen LogP contribution in [0.25, 0.3) is 11.5 Å². The normalized spacial score (nSPS) is 19.3. The minimum absolute atomic E-state index is 0.262. The highest BCUT2D eigenvalue weighted by molar-refractivity contribution is 6.12. The molecule has 2 aliphatic rings. The van der Waals surface area contributed by atoms with Gasteiger partial charge in [-0.3, -0.25) is 0 Å². The first-order valence-corrected chi connectivity index (χ1v) is 7.20. The smallest absolute Gasteiger partial charge is 0.347 e. The number of carbonyl (C=O) groups is 2. The van der Waals surface area contributed by atoms with E-state index in [1.54, 1.807) is 30.3 Å². The number of fused-ring (bicyclic) bond motifs is 1. The van der Waals surface area contributed by atoms with E-state index in [0.717, 1.165) is 11.1 Å². The third-order valence-electron chi connectivity index (χ3n) is 3.87. The van der Waals surface area contributed by atoms with Crippen molar-refractivity contribution in [3.63, 3.8) is 0 Å². The fourth-order valence-electron chi connectivity index (χ4n) is 2.65. The van der Waals surface area contributed by atoms with Crippen molar-refractivity contribution in [3.05, 3.63) is 82.4 Å². The van der Waals surface area contributed by atoms with Crippen LogP contribution in [-0.2, 0) is 14.3 Å². The van der Waals surface area contributed by atoms with Crippen molar-refractivity contribution in [2.75, 3.05) is 0 Å². The molecule has 2 aromatic carbocycles. The monoisotopic (exact) mass is 304 g/mol. The molecule has 4 nitrogen and oxygen atoms in total. The lowest BCUT2D eigenvalue weighted by Crippen LogP contribution is -2.01. The second-order valence-electron chi connectivity index (χ2n) is 5.44. The Balaban J connectivity index is 1.82. The average molecular weight is 304 g/mol. The predicted octanol–water partition coefficient (Wildman–Crippen LogP) is 3.47. The van der Waals surface area contributed by atoms with Crippen molar-refractivity contribution < 1.29 is 19.1 Å². The Hall–Kier alpha value is -3.14. The Morgan fingerprint density at radius 3 is 2.22 bits per heavy atom. The van der Waals surface area contributed by atoms with Gasteiger partial charge in [-0.05, 0) is 19.1 Å². The molecule has 0 spiro atoms. The Morgan fingerprint density at radius 1 is 0.783 bits per heavy atom. The largest absolute Gasteiger partial charge is 0.422 e. The van der Waals surface area contributed by atoms with E-state index in [0.29, 0.717) is 16.9 Å². The fourth-order valence-corrected chi connectivity index (χ4v) is 2.65. The van der Waals surface area contributed by atoms with E-state index in [9.17, 15) is 9.59 Å². The quantitative estimate of drug-likeness (QED) is 0.598. The van der Waals surface area contributed by atoms with Gasteiger partial charge in [0, 0.05) is 11.1 Å². The maximum Gasteiger partial charge on any atom is 0.347 e. The highest BCUT2D eigenvalue weighted by Gasteiger charge is 2.34. The number of carbonyl (C=O) groups excluding carboxylic acids is 2. The number of hydrogen-bond acceptors (Lipinski definition) is 4. The van der Waals surface area contributed by atoms with Crippen LogP contribution < -0.4 is 0 Å². The lowest BCUT2D eigenvalue weighted by atomic mass is 10.0. The number of aryl methyl sites for hydroxylation is 1. The molecule has 0 atom stereocenters. The van der Waals surface area contributed by atoms with E-state index in [-0.39, 0.29) is 11.3 Å². The summed E-state index contributed by atoms with van der Waals surface area (Å²) in [7, 11) is 0. The van der Waals surface area contributed by atoms with E-state index < -0.39 is 11.9 Å². The summed E-state index contributed by atoms with van der Waals surface area (Å²) in [4.78, 5) is 24.1. The molecule has 2 aliphatic heterocycles. The molecule has 0 saturated heterocycles. The van der Waals surface area contributed by atoms with Crippen LogP contribution in [0.4, 0.5) is 0 Å². The van der Waals surface area contributed by atoms with Crippen molar-refractivity contribution in [2.24, 2.45) is 0 Å². The summed E-state index contributed by atoms with van der Waals surface area (Å²) >= 11 is 0. The van der Waals surface area contributed by atoms with Crippen LogP contribution >= 0.6 is 0 Å². The van der Waals surface area contributed by atoms with Crippen LogP contribution in [0.2, 0.25) is 0 Å². The fraction of sp³-hybridized carbons (Fsp3) is 0.0526. The number of rotatable bonds is 1. The second-order valence-corrected chi connectivity index (χ2v) is 5.44. The summed E-state index contributed by atoms with van der Waals surface area (Å²) in [5.74, 6) is -0.246. The summed E-state index contributed by atoms with van der Waals surface area (Å²) in [5.41, 5.74) is 3.26. The summed E-state index contributed by atoms with van der Waals surface area (Å²) in [6, 6.07) is 14.7. The predicted molar refractivity (Wildman–Crippen MR) is 84.0 cm³/mol. The van der Waals surface area contributed by atoms with Gasteiger partial charge in [0.2, 0.25) is 0 Å². The first-order valence-electron chi connectivity index (χ1n) is 7.20. The van der Waals surface area contributed by atoms with Gasteiger partial charge >= 0.3 is 11.9 Å². The van der Waals surface area contributed by atoms with Crippen LogP contribution in [0.5, 0.6) is 0 Å². The molecule has 4 rings (SSSR count). The van der Waals surface area contributed by atoms with Crippen LogP contribution in [0, 0.1) is 6.92 Å². The van der Waals surface area contributed by atoms with Crippen molar-refractivity contribution in [2.45, 2.75) is 6.92 Å². The van der Waals surface area contributed by atoms with E-state index in [4.69, 9.17) is 9.47 Å². The molecule has 4 heteroatoms. The molecule has 0 saturated carbocycles. The molecular formula is C19H12O4. The summed E-state index contributed by atoms with van der Waals surface area (Å²) in [5, 5.41) is 0. The Kier molecular flexibility index (Phi) is 2.91. The average Bonchev–Trinajstić information content (AvgIpc) is 3.09. The number of cyclic esters (lactones) is 2. The molecule has 0 amide bonds. The first-order chi connectivity index (χ1) is 11.1. The molecule has 0 fully saturated rings. The van der Waals surface area contributed by atoms with Gasteiger partial charge in [0.25, 0.3) is 0 Å². The second kappa shape index (κ2) is 4.95. The number of ether oxygens (including phenoxy) is 2. The SMILES string of the molecule is Cc1ccc(C2=C/C(=C3/OC(=O)c4ccccc43)C(=O)O2)cc1. The molecule has 0 bridgehead atoms. The van der Waals surface area contributed by atoms with Crippen LogP contribution in [0.15, 0.2) is 60.2 Å². The molecule has 2 aromatic rings. The minimum Gasteiger partial charge on any atom is -0.422 e. The van der Waals surface area contributed by atoms with E-state index >= 15 is 0 Å². The zero-order valence-corrected chi connectivity index (χ0v) is 12.3. The minimum atomic E-state index is -0.514. The number of esters is 2. The standard InChI is InChI=1S/C19H12O4/c1-11-6-8-12(9-7-11)16-10-15(19(21)22-16)17-13-4-2-3-5-14(13)18(20)23-17/h2-10H,1H3/b17-15-. The highest BCUT2D eigenvalue weighted by atomic mass is 16.6. The van der Waals surface area contributed by atoms with E-state index in [1.807, 2.05) is 31.2 Å². The van der Waals surface area contributed by atoms with Crippen molar-refractivity contribution in [3.8, 4) is 0 Å². The first kappa shape index (κ1) is 13.5. The van der Waals surface area contributed by atoms with Crippen molar-refractivity contribution in [1.82, 2.24) is 0 Å². The van der Waals surface area contributed by atoms with E-state index in [2.05, 4.69) is 0 Å². The zero-order chi connectivity index (χ0) is 16.0. The Bertz CT molecular complexity index is 901. The van der Waals surface area contributed by atoms with Gasteiger partial charge in [-0.2, -0.15) is 0 Å². The molecule has 0 aromatic heterocycles. The molecule has 112 valence electrons. The van der Waals surface area contributed by atoms with Gasteiger partial charge in [-0.25, -0.2) is 9.59 Å². The maximum absolute atomic E-state index is 12.2. The lowest BCUT2D eigenvalue weighted by Gasteiger charge is -2.02. The van der Waals surface area contributed by atoms with Crippen molar-refractivity contribution in [1.29, 1.82) is 0 Å². The van der Waals surface area contributed by atoms with Gasteiger partial charge in [-0.1, -0.05) is 48.0 Å². The summed E-state index contributed by atoms with van der Waals surface area (Å²) < 4.78 is 10.6. The van der Waals surface area contributed by atoms with Gasteiger partial charge in [0.05, 0.1) is 5.56 Å². The molecule has 2 heterocycles. The summed E-state index contributed by atoms with van der Waals surface area (Å²) in [6.07, 6.45) is 1.62. The topological polar surface area (TPSA) is 52.6 Å². The number of benzene rings is 2. The molecule has 0 radical (unpaired) electrons. The third-order valence-corrected chi connectivity index (χ3v) is 3.87. The molecule has 0 unspecified atom stereocenters. The lowest BCUT2D eigenvalue weighted by molar-refractivity contribution is -0.130. The van der Waals surface area contributed by atoms with Crippen LogP contribution in [0.3, 0.4) is 0 Å². The summed E-state index contributed by atoms with van der Waals surface area (Å²) in [6.45, 7) is 1.99. The van der Waals surface area contributed by atoms with Gasteiger partial charge in [0.15, 0.2) is 5.76 Å². The van der Waals surface area contributed by atoms with Gasteiger partial charge < -0.3 is 9.47 Å². The Morgan fingerprint density at radius 2 is 1.48 bits per heavy atom. The zero-order valence-electron chi connectivity index (χ0n) is 12.3. The van der Waals surface area contributed by atoms with Gasteiger partial charge in [-0.15, -0.1) is 0 Å². The van der Waals surface area contributed by atoms with Crippen molar-refractivity contribution >= 4 is 23.5 Å². The molecule has 0 aliphatic carbocycles. The third kappa shape index (κ3) is 2.16.